The highest BCUT2D eigenvalue weighted by Crippen LogP contribution is 2.19. The van der Waals surface area contributed by atoms with Crippen LogP contribution in [0.25, 0.3) is 0 Å². The van der Waals surface area contributed by atoms with Crippen molar-refractivity contribution in [1.82, 2.24) is 0 Å². The number of carbonyl (C=O) groups is 1. The van der Waals surface area contributed by atoms with Gasteiger partial charge in [-0.3, -0.25) is 4.79 Å². The minimum Gasteiger partial charge on any atom is -0.481 e. The van der Waals surface area contributed by atoms with E-state index in [0.29, 0.717) is 12.2 Å². The van der Waals surface area contributed by atoms with Crippen LogP contribution in [0.1, 0.15) is 24.5 Å². The van der Waals surface area contributed by atoms with E-state index < -0.39 is 6.10 Å². The van der Waals surface area contributed by atoms with E-state index in [9.17, 15) is 4.79 Å². The number of para-hydroxylation sites is 1. The molecule has 0 aliphatic rings. The van der Waals surface area contributed by atoms with Crippen LogP contribution in [0.3, 0.4) is 0 Å². The molecule has 2 rings (SSSR count). The number of benzene rings is 2. The van der Waals surface area contributed by atoms with Crippen molar-refractivity contribution in [2.75, 3.05) is 5.32 Å². The zero-order valence-corrected chi connectivity index (χ0v) is 12.7. The molecule has 0 spiro atoms. The Morgan fingerprint density at radius 1 is 1.10 bits per heavy atom. The van der Waals surface area contributed by atoms with Crippen LogP contribution < -0.4 is 10.1 Å². The fraction of sp³-hybridized carbons (Fsp3) is 0.278. The molecule has 1 atom stereocenters. The molecular formula is C18H21NO2. The molecule has 3 nitrogen and oxygen atoms in total. The Kier molecular flexibility index (Phi) is 4.99. The molecule has 0 heterocycles. The van der Waals surface area contributed by atoms with E-state index in [1.807, 2.05) is 69.3 Å². The van der Waals surface area contributed by atoms with Crippen LogP contribution in [-0.2, 0) is 4.79 Å². The molecule has 110 valence electrons. The monoisotopic (exact) mass is 283 g/mol. The second-order valence-electron chi connectivity index (χ2n) is 5.06. The summed E-state index contributed by atoms with van der Waals surface area (Å²) in [6, 6.07) is 15.3. The zero-order chi connectivity index (χ0) is 15.2. The lowest BCUT2D eigenvalue weighted by atomic mass is 10.1. The first-order valence-electron chi connectivity index (χ1n) is 7.20. The van der Waals surface area contributed by atoms with E-state index in [-0.39, 0.29) is 5.91 Å². The largest absolute Gasteiger partial charge is 0.481 e. The van der Waals surface area contributed by atoms with Crippen molar-refractivity contribution in [3.05, 3.63) is 59.7 Å². The van der Waals surface area contributed by atoms with Crippen LogP contribution >= 0.6 is 0 Å². The highest BCUT2D eigenvalue weighted by Gasteiger charge is 2.19. The van der Waals surface area contributed by atoms with Crippen LogP contribution in [0.15, 0.2) is 48.5 Å². The first-order valence-corrected chi connectivity index (χ1v) is 7.20. The lowest BCUT2D eigenvalue weighted by Gasteiger charge is -2.18. The summed E-state index contributed by atoms with van der Waals surface area (Å²) in [7, 11) is 0. The molecular weight excluding hydrogens is 262 g/mol. The Hall–Kier alpha value is -2.29. The van der Waals surface area contributed by atoms with Gasteiger partial charge in [-0.05, 0) is 49.6 Å². The zero-order valence-electron chi connectivity index (χ0n) is 12.7. The second-order valence-corrected chi connectivity index (χ2v) is 5.06. The molecule has 0 unspecified atom stereocenters. The molecule has 0 aromatic heterocycles. The quantitative estimate of drug-likeness (QED) is 0.897. The SMILES string of the molecule is CC[C@H](Oc1ccccc1)C(=O)Nc1cccc(C)c1C. The van der Waals surface area contributed by atoms with Gasteiger partial charge in [0.15, 0.2) is 6.10 Å². The van der Waals surface area contributed by atoms with Gasteiger partial charge in [0.1, 0.15) is 5.75 Å². The van der Waals surface area contributed by atoms with Crippen molar-refractivity contribution in [2.24, 2.45) is 0 Å². The van der Waals surface area contributed by atoms with Gasteiger partial charge < -0.3 is 10.1 Å². The second kappa shape index (κ2) is 6.93. The van der Waals surface area contributed by atoms with Crippen molar-refractivity contribution in [1.29, 1.82) is 0 Å². The van der Waals surface area contributed by atoms with Gasteiger partial charge in [-0.15, -0.1) is 0 Å². The molecule has 0 fully saturated rings. The predicted octanol–water partition coefficient (Wildman–Crippen LogP) is 4.10. The third-order valence-electron chi connectivity index (χ3n) is 3.55. The maximum atomic E-state index is 12.4. The van der Waals surface area contributed by atoms with Crippen molar-refractivity contribution < 1.29 is 9.53 Å². The Bertz CT molecular complexity index is 608. The summed E-state index contributed by atoms with van der Waals surface area (Å²) in [6.07, 6.45) is 0.123. The molecule has 3 heteroatoms. The van der Waals surface area contributed by atoms with Gasteiger partial charge in [0, 0.05) is 5.69 Å². The molecule has 0 bridgehead atoms. The number of amides is 1. The Balaban J connectivity index is 2.08. The molecule has 21 heavy (non-hydrogen) atoms. The molecule has 1 amide bonds. The van der Waals surface area contributed by atoms with E-state index in [1.165, 1.54) is 0 Å². The van der Waals surface area contributed by atoms with Crippen molar-refractivity contribution in [3.63, 3.8) is 0 Å². The molecule has 2 aromatic rings. The normalized spacial score (nSPS) is 11.8. The summed E-state index contributed by atoms with van der Waals surface area (Å²) in [5, 5.41) is 2.96. The van der Waals surface area contributed by atoms with Crippen molar-refractivity contribution in [2.45, 2.75) is 33.3 Å². The summed E-state index contributed by atoms with van der Waals surface area (Å²) < 4.78 is 5.76. The van der Waals surface area contributed by atoms with Crippen LogP contribution in [0.4, 0.5) is 5.69 Å². The van der Waals surface area contributed by atoms with Gasteiger partial charge in [-0.1, -0.05) is 37.3 Å². The lowest BCUT2D eigenvalue weighted by molar-refractivity contribution is -0.122. The number of rotatable bonds is 5. The van der Waals surface area contributed by atoms with Crippen LogP contribution in [0, 0.1) is 13.8 Å². The average Bonchev–Trinajstić information content (AvgIpc) is 2.50. The summed E-state index contributed by atoms with van der Waals surface area (Å²) in [5.41, 5.74) is 3.08. The third-order valence-corrected chi connectivity index (χ3v) is 3.55. The Morgan fingerprint density at radius 3 is 2.48 bits per heavy atom. The van der Waals surface area contributed by atoms with Gasteiger partial charge in [0.2, 0.25) is 0 Å². The number of nitrogens with one attached hydrogen (secondary N) is 1. The summed E-state index contributed by atoms with van der Waals surface area (Å²) >= 11 is 0. The summed E-state index contributed by atoms with van der Waals surface area (Å²) in [4.78, 5) is 12.4. The molecule has 0 aliphatic carbocycles. The number of hydrogen-bond donors (Lipinski definition) is 1. The lowest BCUT2D eigenvalue weighted by Crippen LogP contribution is -2.32. The molecule has 0 saturated heterocycles. The Morgan fingerprint density at radius 2 is 1.81 bits per heavy atom. The number of ether oxygens (including phenoxy) is 1. The van der Waals surface area contributed by atoms with Gasteiger partial charge in [0.05, 0.1) is 0 Å². The average molecular weight is 283 g/mol. The van der Waals surface area contributed by atoms with Gasteiger partial charge in [0.25, 0.3) is 5.91 Å². The van der Waals surface area contributed by atoms with Crippen molar-refractivity contribution >= 4 is 11.6 Å². The predicted molar refractivity (Wildman–Crippen MR) is 85.7 cm³/mol. The molecule has 0 radical (unpaired) electrons. The van der Waals surface area contributed by atoms with E-state index in [2.05, 4.69) is 5.32 Å². The van der Waals surface area contributed by atoms with Crippen LogP contribution in [-0.4, -0.2) is 12.0 Å². The first-order chi connectivity index (χ1) is 10.1. The highest BCUT2D eigenvalue weighted by molar-refractivity contribution is 5.95. The maximum Gasteiger partial charge on any atom is 0.265 e. The Labute approximate surface area is 126 Å². The van der Waals surface area contributed by atoms with Gasteiger partial charge >= 0.3 is 0 Å². The van der Waals surface area contributed by atoms with Crippen molar-refractivity contribution in [3.8, 4) is 5.75 Å². The van der Waals surface area contributed by atoms with E-state index in [4.69, 9.17) is 4.74 Å². The fourth-order valence-electron chi connectivity index (χ4n) is 2.09. The standard InChI is InChI=1S/C18H21NO2/c1-4-17(21-15-10-6-5-7-11-15)18(20)19-16-12-8-9-13(2)14(16)3/h5-12,17H,4H2,1-3H3,(H,19,20)/t17-/m0/s1. The fourth-order valence-corrected chi connectivity index (χ4v) is 2.09. The molecule has 0 saturated carbocycles. The molecule has 2 aromatic carbocycles. The molecule has 1 N–H and O–H groups in total. The minimum atomic E-state index is -0.493. The molecule has 0 aliphatic heterocycles. The highest BCUT2D eigenvalue weighted by atomic mass is 16.5. The maximum absolute atomic E-state index is 12.4. The van der Waals surface area contributed by atoms with Gasteiger partial charge in [-0.25, -0.2) is 0 Å². The van der Waals surface area contributed by atoms with E-state index >= 15 is 0 Å². The number of carbonyl (C=O) groups excluding carboxylic acids is 1. The summed E-state index contributed by atoms with van der Waals surface area (Å²) in [5.74, 6) is 0.593. The third kappa shape index (κ3) is 3.85. The smallest absolute Gasteiger partial charge is 0.265 e. The number of aryl methyl sites for hydroxylation is 1. The van der Waals surface area contributed by atoms with Crippen LogP contribution in [0.2, 0.25) is 0 Å². The van der Waals surface area contributed by atoms with Crippen LogP contribution in [0.5, 0.6) is 5.75 Å². The summed E-state index contributed by atoms with van der Waals surface area (Å²) in [6.45, 7) is 5.98. The number of hydrogen-bond acceptors (Lipinski definition) is 2. The van der Waals surface area contributed by atoms with Gasteiger partial charge in [-0.2, -0.15) is 0 Å². The first kappa shape index (κ1) is 15.1. The number of anilines is 1. The minimum absolute atomic E-state index is 0.116. The van der Waals surface area contributed by atoms with E-state index in [0.717, 1.165) is 16.8 Å². The van der Waals surface area contributed by atoms with E-state index in [1.54, 1.807) is 0 Å². The topological polar surface area (TPSA) is 38.3 Å².